The molecule has 0 amide bonds. The van der Waals surface area contributed by atoms with Crippen LogP contribution in [0.1, 0.15) is 90.5 Å². The van der Waals surface area contributed by atoms with Crippen LogP contribution in [-0.2, 0) is 18.3 Å². The van der Waals surface area contributed by atoms with Crippen molar-refractivity contribution in [3.05, 3.63) is 29.0 Å². The van der Waals surface area contributed by atoms with Crippen molar-refractivity contribution in [3.8, 4) is 0 Å². The smallest absolute Gasteiger partial charge is 0.170 e. The summed E-state index contributed by atoms with van der Waals surface area (Å²) in [5, 5.41) is 5.70. The topological polar surface area (TPSA) is 29.3 Å². The summed E-state index contributed by atoms with van der Waals surface area (Å²) in [4.78, 5) is 2.93. The maximum Gasteiger partial charge on any atom is 0.170 e. The molecule has 0 radical (unpaired) electrons. The Balaban J connectivity index is 1.34. The van der Waals surface area contributed by atoms with Crippen LogP contribution in [0.4, 0.5) is 0 Å². The summed E-state index contributed by atoms with van der Waals surface area (Å²) in [6.07, 6.45) is 9.41. The average Bonchev–Trinajstić information content (AvgIpc) is 3.22. The van der Waals surface area contributed by atoms with Gasteiger partial charge in [0.2, 0.25) is 0 Å². The minimum Gasteiger partial charge on any atom is -0.356 e. The lowest BCUT2D eigenvalue weighted by molar-refractivity contribution is -0.0240. The fraction of sp³-hybridized carbons (Fsp3) is 0.741. The van der Waals surface area contributed by atoms with Gasteiger partial charge >= 0.3 is 0 Å². The van der Waals surface area contributed by atoms with E-state index in [1.165, 1.54) is 61.6 Å². The molecule has 3 nitrogen and oxygen atoms in total. The molecule has 1 aliphatic carbocycles. The van der Waals surface area contributed by atoms with Gasteiger partial charge in [-0.1, -0.05) is 59.2 Å². The van der Waals surface area contributed by atoms with Crippen molar-refractivity contribution in [3.63, 3.8) is 0 Å². The van der Waals surface area contributed by atoms with Gasteiger partial charge < -0.3 is 4.52 Å². The molecular formula is C27H40N2O. The van der Waals surface area contributed by atoms with E-state index in [-0.39, 0.29) is 5.41 Å². The lowest BCUT2D eigenvalue weighted by Crippen LogP contribution is -2.55. The number of aromatic nitrogens is 1. The Morgan fingerprint density at radius 1 is 1.00 bits per heavy atom. The maximum absolute atomic E-state index is 5.92. The number of hydrogen-bond acceptors (Lipinski definition) is 3. The molecule has 3 atom stereocenters. The maximum atomic E-state index is 5.92. The average molecular weight is 409 g/mol. The molecule has 2 unspecified atom stereocenters. The Bertz CT molecular complexity index is 915. The zero-order valence-corrected chi connectivity index (χ0v) is 19.9. The van der Waals surface area contributed by atoms with Gasteiger partial charge in [-0.15, -0.1) is 0 Å². The van der Waals surface area contributed by atoms with Gasteiger partial charge in [0.15, 0.2) is 5.58 Å². The third-order valence-corrected chi connectivity index (χ3v) is 8.37. The van der Waals surface area contributed by atoms with Crippen LogP contribution < -0.4 is 0 Å². The molecule has 3 heteroatoms. The minimum atomic E-state index is 0.0202. The molecule has 2 bridgehead atoms. The second-order valence-electron chi connectivity index (χ2n) is 12.6. The summed E-state index contributed by atoms with van der Waals surface area (Å²) in [6.45, 7) is 15.3. The molecule has 0 saturated carbocycles. The number of fused-ring (bicyclic) bond motifs is 5. The van der Waals surface area contributed by atoms with E-state index in [0.717, 1.165) is 41.6 Å². The van der Waals surface area contributed by atoms with Crippen molar-refractivity contribution in [2.45, 2.75) is 104 Å². The lowest BCUT2D eigenvalue weighted by atomic mass is 9.68. The zero-order valence-electron chi connectivity index (χ0n) is 19.9. The monoisotopic (exact) mass is 408 g/mol. The van der Waals surface area contributed by atoms with Gasteiger partial charge in [0.05, 0.1) is 5.69 Å². The molecule has 3 aliphatic rings. The first-order valence-electron chi connectivity index (χ1n) is 12.3. The number of nitrogens with zero attached hydrogens (tertiary/aromatic N) is 2. The molecule has 1 aromatic heterocycles. The third kappa shape index (κ3) is 3.51. The Morgan fingerprint density at radius 2 is 1.70 bits per heavy atom. The molecule has 3 heterocycles. The van der Waals surface area contributed by atoms with Crippen molar-refractivity contribution in [2.24, 2.45) is 17.3 Å². The Kier molecular flexibility index (Phi) is 4.85. The summed E-state index contributed by atoms with van der Waals surface area (Å²) in [6, 6.07) is 6.24. The van der Waals surface area contributed by atoms with Crippen LogP contribution >= 0.6 is 0 Å². The van der Waals surface area contributed by atoms with E-state index in [0.29, 0.717) is 5.41 Å². The fourth-order valence-corrected chi connectivity index (χ4v) is 6.64. The molecular weight excluding hydrogens is 368 g/mol. The van der Waals surface area contributed by atoms with Crippen LogP contribution in [0.25, 0.3) is 11.0 Å². The summed E-state index contributed by atoms with van der Waals surface area (Å²) in [5.74, 6) is 1.61. The van der Waals surface area contributed by atoms with E-state index in [2.05, 4.69) is 63.7 Å². The van der Waals surface area contributed by atoms with E-state index in [1.807, 2.05) is 0 Å². The van der Waals surface area contributed by atoms with E-state index >= 15 is 0 Å². The van der Waals surface area contributed by atoms with Gasteiger partial charge in [-0.05, 0) is 67.4 Å². The standard InChI is InChI=1S/C27H40N2O/c1-26(2,3)19-14-20-8-7-9-21(15-19)29(20)16-17-12-18-10-11-22-24(23(18)13-17)30-28-25(22)27(4,5)6/h10-11,17,19-21H,7-9,12-16H2,1-6H3/t17-,19?,20?,21?/m1/s1. The molecule has 2 aliphatic heterocycles. The quantitative estimate of drug-likeness (QED) is 0.566. The summed E-state index contributed by atoms with van der Waals surface area (Å²) < 4.78 is 5.92. The van der Waals surface area contributed by atoms with E-state index < -0.39 is 0 Å². The predicted molar refractivity (Wildman–Crippen MR) is 124 cm³/mol. The molecule has 30 heavy (non-hydrogen) atoms. The number of benzene rings is 1. The highest BCUT2D eigenvalue weighted by molar-refractivity contribution is 5.85. The Hall–Kier alpha value is -1.35. The van der Waals surface area contributed by atoms with Crippen LogP contribution in [-0.4, -0.2) is 28.7 Å². The molecule has 1 aromatic carbocycles. The third-order valence-electron chi connectivity index (χ3n) is 8.37. The molecule has 0 spiro atoms. The number of piperidine rings is 2. The molecule has 5 rings (SSSR count). The number of hydrogen-bond donors (Lipinski definition) is 0. The summed E-state index contributed by atoms with van der Waals surface area (Å²) in [5.41, 5.74) is 5.57. The van der Waals surface area contributed by atoms with E-state index in [4.69, 9.17) is 4.52 Å². The summed E-state index contributed by atoms with van der Waals surface area (Å²) >= 11 is 0. The Morgan fingerprint density at radius 3 is 2.33 bits per heavy atom. The van der Waals surface area contributed by atoms with Crippen molar-refractivity contribution in [1.82, 2.24) is 10.1 Å². The largest absolute Gasteiger partial charge is 0.356 e. The van der Waals surface area contributed by atoms with Crippen LogP contribution in [0.3, 0.4) is 0 Å². The molecule has 2 saturated heterocycles. The molecule has 2 aromatic rings. The van der Waals surface area contributed by atoms with Gasteiger partial charge in [0.25, 0.3) is 0 Å². The van der Waals surface area contributed by atoms with Gasteiger partial charge in [-0.3, -0.25) is 4.90 Å². The second kappa shape index (κ2) is 7.08. The van der Waals surface area contributed by atoms with Crippen molar-refractivity contribution in [1.29, 1.82) is 0 Å². The van der Waals surface area contributed by atoms with Crippen LogP contribution in [0, 0.1) is 17.3 Å². The predicted octanol–water partition coefficient (Wildman–Crippen LogP) is 6.52. The zero-order chi connectivity index (χ0) is 21.3. The fourth-order valence-electron chi connectivity index (χ4n) is 6.64. The van der Waals surface area contributed by atoms with E-state index in [9.17, 15) is 0 Å². The SMILES string of the molecule is CC(C)(C)c1noc2c3c(ccc12)C[C@@H](CN1C2CCCC1CC(C(C)(C)C)C2)C3. The summed E-state index contributed by atoms with van der Waals surface area (Å²) in [7, 11) is 0. The van der Waals surface area contributed by atoms with E-state index in [1.54, 1.807) is 0 Å². The first-order chi connectivity index (χ1) is 14.1. The highest BCUT2D eigenvalue weighted by atomic mass is 16.5. The van der Waals surface area contributed by atoms with Gasteiger partial charge in [-0.25, -0.2) is 0 Å². The molecule has 164 valence electrons. The molecule has 2 fully saturated rings. The van der Waals surface area contributed by atoms with Crippen LogP contribution in [0.2, 0.25) is 0 Å². The van der Waals surface area contributed by atoms with Gasteiger partial charge in [-0.2, -0.15) is 0 Å². The van der Waals surface area contributed by atoms with Gasteiger partial charge in [0, 0.05) is 35.0 Å². The van der Waals surface area contributed by atoms with Crippen molar-refractivity contribution in [2.75, 3.05) is 6.54 Å². The van der Waals surface area contributed by atoms with Crippen molar-refractivity contribution >= 4 is 11.0 Å². The molecule has 0 N–H and O–H groups in total. The van der Waals surface area contributed by atoms with Gasteiger partial charge in [0.1, 0.15) is 0 Å². The first kappa shape index (κ1) is 20.5. The van der Waals surface area contributed by atoms with Crippen LogP contribution in [0.15, 0.2) is 16.7 Å². The normalized spacial score (nSPS) is 30.1. The Labute approximate surface area is 182 Å². The minimum absolute atomic E-state index is 0.0202. The van der Waals surface area contributed by atoms with Crippen molar-refractivity contribution < 1.29 is 4.52 Å². The highest BCUT2D eigenvalue weighted by Gasteiger charge is 2.43. The second-order valence-corrected chi connectivity index (χ2v) is 12.6. The van der Waals surface area contributed by atoms with Crippen LogP contribution in [0.5, 0.6) is 0 Å². The lowest BCUT2D eigenvalue weighted by Gasteiger charge is -2.52. The number of rotatable bonds is 2. The first-order valence-corrected chi connectivity index (χ1v) is 12.3. The highest BCUT2D eigenvalue weighted by Crippen LogP contribution is 2.45.